The Balaban J connectivity index is 2.47. The van der Waals surface area contributed by atoms with E-state index in [2.05, 4.69) is 24.9 Å². The topological polar surface area (TPSA) is 28.3 Å². The molecule has 0 atom stereocenters. The maximum atomic E-state index is 5.39. The molecule has 1 N–H and O–H groups in total. The van der Waals surface area contributed by atoms with Crippen LogP contribution in [0, 0.1) is 6.92 Å². The summed E-state index contributed by atoms with van der Waals surface area (Å²) < 4.78 is 5.39. The van der Waals surface area contributed by atoms with Crippen molar-refractivity contribution in [2.75, 3.05) is 0 Å². The van der Waals surface area contributed by atoms with Crippen molar-refractivity contribution < 1.29 is 4.74 Å². The molecule has 2 nitrogen and oxygen atoms in total. The monoisotopic (exact) mass is 173 g/mol. The second-order valence-corrected chi connectivity index (χ2v) is 3.50. The standard InChI is InChI=1S/C11H11NO/c1-3-7-6(2)12-8-4-5-9-11(13-9)10(7)8/h4-5,12H,3H2,1-2H3. The van der Waals surface area contributed by atoms with Crippen molar-refractivity contribution in [3.05, 3.63) is 23.4 Å². The normalized spacial score (nSPS) is 12.8. The number of H-pyrrole nitrogens is 1. The van der Waals surface area contributed by atoms with Crippen molar-refractivity contribution in [1.82, 2.24) is 4.98 Å². The molecule has 1 aliphatic heterocycles. The summed E-state index contributed by atoms with van der Waals surface area (Å²) in [6.45, 7) is 4.30. The van der Waals surface area contributed by atoms with E-state index >= 15 is 0 Å². The number of aryl methyl sites for hydroxylation is 2. The highest BCUT2D eigenvalue weighted by molar-refractivity contribution is 5.96. The quantitative estimate of drug-likeness (QED) is 0.562. The smallest absolute Gasteiger partial charge is 0.179 e. The third kappa shape index (κ3) is 0.777. The molecule has 0 saturated carbocycles. The number of aromatic nitrogens is 1. The molecule has 0 amide bonds. The SMILES string of the molecule is CCc1c(C)[nH]c2ccc3c(c12)O3. The fourth-order valence-corrected chi connectivity index (χ4v) is 2.04. The summed E-state index contributed by atoms with van der Waals surface area (Å²) in [6, 6.07) is 4.11. The molecule has 3 rings (SSSR count). The van der Waals surface area contributed by atoms with Crippen LogP contribution >= 0.6 is 0 Å². The van der Waals surface area contributed by atoms with Gasteiger partial charge in [-0.2, -0.15) is 0 Å². The van der Waals surface area contributed by atoms with Gasteiger partial charge in [0.15, 0.2) is 11.5 Å². The molecule has 1 aliphatic rings. The zero-order valence-electron chi connectivity index (χ0n) is 7.77. The highest BCUT2D eigenvalue weighted by Gasteiger charge is 2.26. The molecule has 0 aliphatic carbocycles. The summed E-state index contributed by atoms with van der Waals surface area (Å²) in [7, 11) is 0. The molecule has 0 bridgehead atoms. The van der Waals surface area contributed by atoms with Crippen LogP contribution in [-0.4, -0.2) is 4.98 Å². The lowest BCUT2D eigenvalue weighted by Crippen LogP contribution is -1.79. The third-order valence-corrected chi connectivity index (χ3v) is 2.72. The van der Waals surface area contributed by atoms with E-state index in [1.54, 1.807) is 0 Å². The lowest BCUT2D eigenvalue weighted by Gasteiger charge is -1.91. The van der Waals surface area contributed by atoms with Gasteiger partial charge in [0, 0.05) is 16.6 Å². The number of hydrogen-bond donors (Lipinski definition) is 1. The van der Waals surface area contributed by atoms with Crippen molar-refractivity contribution >= 4 is 10.9 Å². The van der Waals surface area contributed by atoms with Gasteiger partial charge in [0.05, 0.1) is 0 Å². The second kappa shape index (κ2) is 2.08. The van der Waals surface area contributed by atoms with E-state index in [0.717, 1.165) is 17.9 Å². The van der Waals surface area contributed by atoms with E-state index in [-0.39, 0.29) is 0 Å². The number of hydrogen-bond acceptors (Lipinski definition) is 1. The molecular formula is C11H11NO. The van der Waals surface area contributed by atoms with Crippen LogP contribution < -0.4 is 4.74 Å². The van der Waals surface area contributed by atoms with E-state index in [1.807, 2.05) is 6.07 Å². The fourth-order valence-electron chi connectivity index (χ4n) is 2.04. The Hall–Kier alpha value is -1.44. The Morgan fingerprint density at radius 1 is 1.38 bits per heavy atom. The highest BCUT2D eigenvalue weighted by atomic mass is 16.6. The minimum atomic E-state index is 1.04. The number of benzene rings is 1. The first-order valence-corrected chi connectivity index (χ1v) is 4.63. The van der Waals surface area contributed by atoms with Crippen molar-refractivity contribution in [3.8, 4) is 11.5 Å². The number of nitrogens with one attached hydrogen (secondary N) is 1. The number of aromatic amines is 1. The highest BCUT2D eigenvalue weighted by Crippen LogP contribution is 2.51. The molecule has 2 heterocycles. The first kappa shape index (κ1) is 7.01. The summed E-state index contributed by atoms with van der Waals surface area (Å²) in [5.74, 6) is 2.12. The molecule has 2 aromatic rings. The molecule has 13 heavy (non-hydrogen) atoms. The molecule has 0 radical (unpaired) electrons. The van der Waals surface area contributed by atoms with Crippen LogP contribution in [-0.2, 0) is 6.42 Å². The van der Waals surface area contributed by atoms with E-state index in [1.165, 1.54) is 22.2 Å². The van der Waals surface area contributed by atoms with Crippen LogP contribution in [0.3, 0.4) is 0 Å². The molecule has 0 unspecified atom stereocenters. The Morgan fingerprint density at radius 2 is 2.23 bits per heavy atom. The van der Waals surface area contributed by atoms with Crippen LogP contribution in [0.15, 0.2) is 12.1 Å². The largest absolute Gasteiger partial charge is 0.449 e. The lowest BCUT2D eigenvalue weighted by molar-refractivity contribution is 0.653. The predicted molar refractivity (Wildman–Crippen MR) is 52.5 cm³/mol. The number of ether oxygens (including phenoxy) is 1. The van der Waals surface area contributed by atoms with E-state index in [9.17, 15) is 0 Å². The van der Waals surface area contributed by atoms with Gasteiger partial charge in [0.2, 0.25) is 0 Å². The molecular weight excluding hydrogens is 162 g/mol. The van der Waals surface area contributed by atoms with Gasteiger partial charge in [-0.15, -0.1) is 0 Å². The molecule has 1 aromatic heterocycles. The summed E-state index contributed by atoms with van der Waals surface area (Å²) in [6.07, 6.45) is 1.06. The average molecular weight is 173 g/mol. The van der Waals surface area contributed by atoms with Crippen LogP contribution in [0.2, 0.25) is 0 Å². The van der Waals surface area contributed by atoms with Crippen LogP contribution in [0.4, 0.5) is 0 Å². The molecule has 0 saturated heterocycles. The van der Waals surface area contributed by atoms with Crippen molar-refractivity contribution in [3.63, 3.8) is 0 Å². The van der Waals surface area contributed by atoms with Crippen LogP contribution in [0.5, 0.6) is 11.5 Å². The van der Waals surface area contributed by atoms with Crippen LogP contribution in [0.25, 0.3) is 10.9 Å². The third-order valence-electron chi connectivity index (χ3n) is 2.72. The second-order valence-electron chi connectivity index (χ2n) is 3.50. The van der Waals surface area contributed by atoms with Gasteiger partial charge in [-0.05, 0) is 31.0 Å². The van der Waals surface area contributed by atoms with Gasteiger partial charge in [0.25, 0.3) is 0 Å². The van der Waals surface area contributed by atoms with Gasteiger partial charge in [-0.3, -0.25) is 0 Å². The minimum Gasteiger partial charge on any atom is -0.449 e. The first-order valence-electron chi connectivity index (χ1n) is 4.63. The summed E-state index contributed by atoms with van der Waals surface area (Å²) in [5, 5.41) is 1.29. The van der Waals surface area contributed by atoms with Gasteiger partial charge < -0.3 is 9.72 Å². The Morgan fingerprint density at radius 3 is 3.00 bits per heavy atom. The van der Waals surface area contributed by atoms with Gasteiger partial charge >= 0.3 is 0 Å². The molecule has 2 heteroatoms. The first-order chi connectivity index (χ1) is 6.31. The summed E-state index contributed by atoms with van der Waals surface area (Å²) in [5.41, 5.74) is 3.86. The van der Waals surface area contributed by atoms with Crippen molar-refractivity contribution in [2.45, 2.75) is 20.3 Å². The Labute approximate surface area is 76.5 Å². The van der Waals surface area contributed by atoms with E-state index in [4.69, 9.17) is 4.74 Å². The molecule has 1 aromatic carbocycles. The van der Waals surface area contributed by atoms with E-state index in [0.29, 0.717) is 0 Å². The fraction of sp³-hybridized carbons (Fsp3) is 0.273. The van der Waals surface area contributed by atoms with Crippen LogP contribution in [0.1, 0.15) is 18.2 Å². The van der Waals surface area contributed by atoms with Gasteiger partial charge in [-0.25, -0.2) is 0 Å². The van der Waals surface area contributed by atoms with Crippen molar-refractivity contribution in [1.29, 1.82) is 0 Å². The zero-order chi connectivity index (χ0) is 9.00. The van der Waals surface area contributed by atoms with Crippen molar-refractivity contribution in [2.24, 2.45) is 0 Å². The summed E-state index contributed by atoms with van der Waals surface area (Å²) >= 11 is 0. The maximum Gasteiger partial charge on any atom is 0.179 e. The molecule has 66 valence electrons. The average Bonchev–Trinajstić information content (AvgIpc) is 2.82. The lowest BCUT2D eigenvalue weighted by atomic mass is 10.1. The zero-order valence-corrected chi connectivity index (χ0v) is 7.77. The van der Waals surface area contributed by atoms with Gasteiger partial charge in [-0.1, -0.05) is 6.92 Å². The van der Waals surface area contributed by atoms with Gasteiger partial charge in [0.1, 0.15) is 0 Å². The Kier molecular flexibility index (Phi) is 1.12. The number of fused-ring (bicyclic) bond motifs is 3. The summed E-state index contributed by atoms with van der Waals surface area (Å²) in [4.78, 5) is 3.37. The Bertz CT molecular complexity index is 496. The molecule has 0 spiro atoms. The maximum absolute atomic E-state index is 5.39. The minimum absolute atomic E-state index is 1.04. The van der Waals surface area contributed by atoms with E-state index < -0.39 is 0 Å². The molecule has 0 fully saturated rings. The number of rotatable bonds is 1. The predicted octanol–water partition coefficient (Wildman–Crippen LogP) is 3.14.